The number of aromatic nitrogens is 1. The normalized spacial score (nSPS) is 10.8. The Bertz CT molecular complexity index is 704. The zero-order valence-corrected chi connectivity index (χ0v) is 11.5. The summed E-state index contributed by atoms with van der Waals surface area (Å²) < 4.78 is 24.0. The van der Waals surface area contributed by atoms with Crippen molar-refractivity contribution in [2.45, 2.75) is 4.90 Å². The van der Waals surface area contributed by atoms with E-state index in [4.69, 9.17) is 5.26 Å². The molecule has 102 valence electrons. The third kappa shape index (κ3) is 3.56. The molecule has 1 aromatic heterocycles. The van der Waals surface area contributed by atoms with Crippen LogP contribution in [0, 0.1) is 11.3 Å². The van der Waals surface area contributed by atoms with Crippen molar-refractivity contribution in [3.05, 3.63) is 54.4 Å². The summed E-state index contributed by atoms with van der Waals surface area (Å²) in [5.74, 6) is -0.00296. The van der Waals surface area contributed by atoms with Gasteiger partial charge in [0.1, 0.15) is 11.8 Å². The first kappa shape index (κ1) is 14.0. The molecular weight excluding hydrogens is 274 g/mol. The van der Waals surface area contributed by atoms with E-state index in [1.165, 1.54) is 6.20 Å². The third-order valence-corrected chi connectivity index (χ3v) is 4.41. The standard InChI is InChI=1S/C14H13N3O2S/c15-10-12-6-7-13(11-17-12)16-8-9-20(18,19)14-4-2-1-3-5-14/h1-7,11,16H,8-9H2. The number of nitrogens with zero attached hydrogens (tertiary/aromatic N) is 2. The highest BCUT2D eigenvalue weighted by Crippen LogP contribution is 2.10. The molecule has 0 radical (unpaired) electrons. The number of hydrogen-bond acceptors (Lipinski definition) is 5. The van der Waals surface area contributed by atoms with Gasteiger partial charge in [0.05, 0.1) is 22.5 Å². The predicted octanol–water partition coefficient (Wildman–Crippen LogP) is 1.84. The Morgan fingerprint density at radius 2 is 1.90 bits per heavy atom. The van der Waals surface area contributed by atoms with Crippen molar-refractivity contribution in [3.63, 3.8) is 0 Å². The van der Waals surface area contributed by atoms with Crippen LogP contribution in [0.3, 0.4) is 0 Å². The summed E-state index contributed by atoms with van der Waals surface area (Å²) in [7, 11) is -3.28. The number of nitriles is 1. The fourth-order valence-electron chi connectivity index (χ4n) is 1.64. The number of rotatable bonds is 5. The molecule has 6 heteroatoms. The quantitative estimate of drug-likeness (QED) is 0.907. The van der Waals surface area contributed by atoms with E-state index in [2.05, 4.69) is 10.3 Å². The summed E-state index contributed by atoms with van der Waals surface area (Å²) in [5, 5.41) is 11.6. The first-order chi connectivity index (χ1) is 9.62. The van der Waals surface area contributed by atoms with E-state index in [-0.39, 0.29) is 12.3 Å². The number of sulfone groups is 1. The zero-order valence-electron chi connectivity index (χ0n) is 10.7. The Morgan fingerprint density at radius 3 is 2.50 bits per heavy atom. The Hall–Kier alpha value is -2.39. The van der Waals surface area contributed by atoms with Crippen molar-refractivity contribution in [2.24, 2.45) is 0 Å². The van der Waals surface area contributed by atoms with Crippen LogP contribution >= 0.6 is 0 Å². The maximum atomic E-state index is 12.0. The molecule has 2 rings (SSSR count). The lowest BCUT2D eigenvalue weighted by Crippen LogP contribution is -2.16. The molecule has 0 fully saturated rings. The summed E-state index contributed by atoms with van der Waals surface area (Å²) in [6, 6.07) is 13.5. The number of benzene rings is 1. The van der Waals surface area contributed by atoms with Gasteiger partial charge in [0.15, 0.2) is 9.84 Å². The van der Waals surface area contributed by atoms with Gasteiger partial charge in [-0.2, -0.15) is 5.26 Å². The van der Waals surface area contributed by atoms with Gasteiger partial charge in [-0.25, -0.2) is 13.4 Å². The molecule has 0 saturated heterocycles. The fourth-order valence-corrected chi connectivity index (χ4v) is 2.82. The second kappa shape index (κ2) is 6.17. The molecule has 0 bridgehead atoms. The van der Waals surface area contributed by atoms with E-state index in [9.17, 15) is 8.42 Å². The molecular formula is C14H13N3O2S. The summed E-state index contributed by atoms with van der Waals surface area (Å²) in [4.78, 5) is 4.22. The monoisotopic (exact) mass is 287 g/mol. The van der Waals surface area contributed by atoms with E-state index >= 15 is 0 Å². The lowest BCUT2D eigenvalue weighted by molar-refractivity contribution is 0.596. The molecule has 0 saturated carbocycles. The SMILES string of the molecule is N#Cc1ccc(NCCS(=O)(=O)c2ccccc2)cn1. The Morgan fingerprint density at radius 1 is 1.15 bits per heavy atom. The van der Waals surface area contributed by atoms with Crippen LogP contribution in [-0.4, -0.2) is 25.7 Å². The van der Waals surface area contributed by atoms with Gasteiger partial charge in [-0.05, 0) is 24.3 Å². The number of anilines is 1. The molecule has 1 N–H and O–H groups in total. The maximum Gasteiger partial charge on any atom is 0.180 e. The first-order valence-electron chi connectivity index (χ1n) is 6.00. The van der Waals surface area contributed by atoms with Crippen molar-refractivity contribution in [3.8, 4) is 6.07 Å². The van der Waals surface area contributed by atoms with Gasteiger partial charge in [0, 0.05) is 6.54 Å². The molecule has 20 heavy (non-hydrogen) atoms. The topological polar surface area (TPSA) is 82.9 Å². The second-order valence-electron chi connectivity index (χ2n) is 4.10. The van der Waals surface area contributed by atoms with Crippen molar-refractivity contribution in [2.75, 3.05) is 17.6 Å². The largest absolute Gasteiger partial charge is 0.383 e. The number of pyridine rings is 1. The summed E-state index contributed by atoms with van der Waals surface area (Å²) in [6.45, 7) is 0.283. The van der Waals surface area contributed by atoms with Crippen molar-refractivity contribution in [1.29, 1.82) is 5.26 Å². The van der Waals surface area contributed by atoms with E-state index in [1.807, 2.05) is 6.07 Å². The first-order valence-corrected chi connectivity index (χ1v) is 7.65. The summed E-state index contributed by atoms with van der Waals surface area (Å²) in [6.07, 6.45) is 1.51. The van der Waals surface area contributed by atoms with Crippen molar-refractivity contribution < 1.29 is 8.42 Å². The Kier molecular flexibility index (Phi) is 4.33. The van der Waals surface area contributed by atoms with E-state index in [1.54, 1.807) is 42.5 Å². The van der Waals surface area contributed by atoms with Crippen LogP contribution in [0.1, 0.15) is 5.69 Å². The second-order valence-corrected chi connectivity index (χ2v) is 6.21. The minimum atomic E-state index is -3.28. The molecule has 0 aliphatic heterocycles. The highest BCUT2D eigenvalue weighted by molar-refractivity contribution is 7.91. The third-order valence-electron chi connectivity index (χ3n) is 2.68. The fraction of sp³-hybridized carbons (Fsp3) is 0.143. The molecule has 1 heterocycles. The van der Waals surface area contributed by atoms with E-state index in [0.29, 0.717) is 16.3 Å². The molecule has 0 spiro atoms. The molecule has 2 aromatic rings. The van der Waals surface area contributed by atoms with Gasteiger partial charge in [-0.15, -0.1) is 0 Å². The van der Waals surface area contributed by atoms with Crippen LogP contribution in [-0.2, 0) is 9.84 Å². The molecule has 1 aromatic carbocycles. The van der Waals surface area contributed by atoms with Gasteiger partial charge in [0.2, 0.25) is 0 Å². The van der Waals surface area contributed by atoms with E-state index in [0.717, 1.165) is 0 Å². The highest BCUT2D eigenvalue weighted by Gasteiger charge is 2.12. The Balaban J connectivity index is 1.94. The Labute approximate surface area is 117 Å². The number of nitrogens with one attached hydrogen (secondary N) is 1. The molecule has 0 atom stereocenters. The van der Waals surface area contributed by atoms with Crippen molar-refractivity contribution >= 4 is 15.5 Å². The molecule has 5 nitrogen and oxygen atoms in total. The van der Waals surface area contributed by atoms with Gasteiger partial charge in [0.25, 0.3) is 0 Å². The molecule has 0 aliphatic carbocycles. The lowest BCUT2D eigenvalue weighted by atomic mass is 10.3. The lowest BCUT2D eigenvalue weighted by Gasteiger charge is -2.07. The highest BCUT2D eigenvalue weighted by atomic mass is 32.2. The van der Waals surface area contributed by atoms with Crippen LogP contribution < -0.4 is 5.32 Å². The minimum Gasteiger partial charge on any atom is -0.383 e. The van der Waals surface area contributed by atoms with Crippen LogP contribution in [0.5, 0.6) is 0 Å². The predicted molar refractivity (Wildman–Crippen MR) is 75.9 cm³/mol. The minimum absolute atomic E-state index is 0.00296. The van der Waals surface area contributed by atoms with Crippen LogP contribution in [0.25, 0.3) is 0 Å². The average Bonchev–Trinajstić information content (AvgIpc) is 2.49. The van der Waals surface area contributed by atoms with Gasteiger partial charge in [-0.3, -0.25) is 0 Å². The number of hydrogen-bond donors (Lipinski definition) is 1. The summed E-state index contributed by atoms with van der Waals surface area (Å²) >= 11 is 0. The van der Waals surface area contributed by atoms with Crippen LogP contribution in [0.2, 0.25) is 0 Å². The average molecular weight is 287 g/mol. The summed E-state index contributed by atoms with van der Waals surface area (Å²) in [5.41, 5.74) is 1.01. The van der Waals surface area contributed by atoms with Crippen LogP contribution in [0.4, 0.5) is 5.69 Å². The smallest absolute Gasteiger partial charge is 0.180 e. The van der Waals surface area contributed by atoms with Gasteiger partial charge < -0.3 is 5.32 Å². The van der Waals surface area contributed by atoms with Gasteiger partial charge in [-0.1, -0.05) is 18.2 Å². The maximum absolute atomic E-state index is 12.0. The van der Waals surface area contributed by atoms with Crippen LogP contribution in [0.15, 0.2) is 53.6 Å². The molecule has 0 unspecified atom stereocenters. The zero-order chi connectivity index (χ0) is 14.4. The molecule has 0 aliphatic rings. The van der Waals surface area contributed by atoms with Crippen molar-refractivity contribution in [1.82, 2.24) is 4.98 Å². The molecule has 0 amide bonds. The van der Waals surface area contributed by atoms with Gasteiger partial charge >= 0.3 is 0 Å². The van der Waals surface area contributed by atoms with E-state index < -0.39 is 9.84 Å².